The quantitative estimate of drug-likeness (QED) is 0.762. The van der Waals surface area contributed by atoms with Crippen molar-refractivity contribution in [2.45, 2.75) is 4.90 Å². The lowest BCUT2D eigenvalue weighted by Crippen LogP contribution is -2.50. The van der Waals surface area contributed by atoms with E-state index in [2.05, 4.69) is 0 Å². The summed E-state index contributed by atoms with van der Waals surface area (Å²) < 4.78 is 63.2. The highest BCUT2D eigenvalue weighted by molar-refractivity contribution is 7.89. The fourth-order valence-corrected chi connectivity index (χ4v) is 4.32. The van der Waals surface area contributed by atoms with Gasteiger partial charge in [-0.25, -0.2) is 21.2 Å². The van der Waals surface area contributed by atoms with E-state index in [1.807, 2.05) is 0 Å². The molecule has 0 radical (unpaired) electrons. The Kier molecular flexibility index (Phi) is 4.24. The largest absolute Gasteiger partial charge is 0.396 e. The molecular weight excluding hydrogens is 321 g/mol. The van der Waals surface area contributed by atoms with Gasteiger partial charge in [-0.3, -0.25) is 0 Å². The van der Waals surface area contributed by atoms with Crippen molar-refractivity contribution in [1.29, 1.82) is 0 Å². The zero-order valence-corrected chi connectivity index (χ0v) is 13.0. The number of halogens is 1. The van der Waals surface area contributed by atoms with Crippen molar-refractivity contribution >= 4 is 25.7 Å². The van der Waals surface area contributed by atoms with Crippen LogP contribution in [0.2, 0.25) is 0 Å². The van der Waals surface area contributed by atoms with Crippen LogP contribution in [-0.4, -0.2) is 57.9 Å². The lowest BCUT2D eigenvalue weighted by Gasteiger charge is -2.32. The topological polar surface area (TPSA) is 101 Å². The third kappa shape index (κ3) is 3.34. The second kappa shape index (κ2) is 5.52. The first kappa shape index (κ1) is 16.1. The fourth-order valence-electron chi connectivity index (χ4n) is 2.06. The zero-order chi connectivity index (χ0) is 15.8. The lowest BCUT2D eigenvalue weighted by atomic mass is 10.3. The molecule has 1 saturated heterocycles. The molecule has 1 fully saturated rings. The maximum absolute atomic E-state index is 13.4. The number of nitrogen functional groups attached to an aromatic ring is 1. The molecule has 118 valence electrons. The average Bonchev–Trinajstić information content (AvgIpc) is 2.41. The fraction of sp³-hybridized carbons (Fsp3) is 0.455. The van der Waals surface area contributed by atoms with E-state index in [1.54, 1.807) is 0 Å². The molecule has 21 heavy (non-hydrogen) atoms. The summed E-state index contributed by atoms with van der Waals surface area (Å²) in [5, 5.41) is 0. The molecule has 10 heteroatoms. The molecule has 0 saturated carbocycles. The molecule has 0 aliphatic carbocycles. The lowest BCUT2D eigenvalue weighted by molar-refractivity contribution is 0.274. The van der Waals surface area contributed by atoms with E-state index in [1.165, 1.54) is 16.4 Å². The van der Waals surface area contributed by atoms with Crippen molar-refractivity contribution in [3.63, 3.8) is 0 Å². The zero-order valence-electron chi connectivity index (χ0n) is 11.4. The Morgan fingerprint density at radius 3 is 2.05 bits per heavy atom. The van der Waals surface area contributed by atoms with Crippen molar-refractivity contribution in [3.8, 4) is 0 Å². The van der Waals surface area contributed by atoms with E-state index < -0.39 is 25.9 Å². The van der Waals surface area contributed by atoms with Crippen LogP contribution in [0.5, 0.6) is 0 Å². The van der Waals surface area contributed by atoms with Crippen LogP contribution in [0.25, 0.3) is 0 Å². The molecule has 1 aliphatic rings. The summed E-state index contributed by atoms with van der Waals surface area (Å²) in [7, 11) is -7.19. The van der Waals surface area contributed by atoms with Gasteiger partial charge in [-0.05, 0) is 18.2 Å². The minimum atomic E-state index is -3.85. The SMILES string of the molecule is CS(=O)(=O)N1CCN(S(=O)(=O)c2ccc(N)c(F)c2)CC1. The summed E-state index contributed by atoms with van der Waals surface area (Å²) in [6.45, 7) is 0.216. The van der Waals surface area contributed by atoms with Gasteiger partial charge < -0.3 is 5.73 Å². The molecule has 1 aromatic rings. The molecule has 0 bridgehead atoms. The monoisotopic (exact) mass is 337 g/mol. The highest BCUT2D eigenvalue weighted by Crippen LogP contribution is 2.21. The molecule has 0 unspecified atom stereocenters. The molecule has 0 spiro atoms. The summed E-state index contributed by atoms with van der Waals surface area (Å²) in [5.41, 5.74) is 5.19. The molecule has 1 heterocycles. The Labute approximate surface area is 123 Å². The first-order valence-corrected chi connectivity index (χ1v) is 9.41. The van der Waals surface area contributed by atoms with Gasteiger partial charge in [0.25, 0.3) is 0 Å². The Bertz CT molecular complexity index is 741. The van der Waals surface area contributed by atoms with E-state index in [4.69, 9.17) is 5.73 Å². The third-order valence-corrected chi connectivity index (χ3v) is 6.47. The van der Waals surface area contributed by atoms with Crippen molar-refractivity contribution in [2.24, 2.45) is 0 Å². The van der Waals surface area contributed by atoms with Gasteiger partial charge in [0.05, 0.1) is 16.8 Å². The van der Waals surface area contributed by atoms with E-state index in [0.29, 0.717) is 0 Å². The maximum Gasteiger partial charge on any atom is 0.243 e. The number of nitrogens with zero attached hydrogens (tertiary/aromatic N) is 2. The molecule has 7 nitrogen and oxygen atoms in total. The summed E-state index contributed by atoms with van der Waals surface area (Å²) in [4.78, 5) is -0.193. The van der Waals surface area contributed by atoms with Crippen molar-refractivity contribution in [2.75, 3.05) is 38.2 Å². The molecular formula is C11H16FN3O4S2. The Hall–Kier alpha value is -1.23. The Morgan fingerprint density at radius 2 is 1.57 bits per heavy atom. The first-order valence-electron chi connectivity index (χ1n) is 6.12. The molecule has 0 amide bonds. The summed E-state index contributed by atoms with van der Waals surface area (Å²) in [6, 6.07) is 3.29. The number of benzene rings is 1. The van der Waals surface area contributed by atoms with Gasteiger partial charge in [-0.1, -0.05) is 0 Å². The second-order valence-electron chi connectivity index (χ2n) is 4.75. The maximum atomic E-state index is 13.4. The Balaban J connectivity index is 2.20. The van der Waals surface area contributed by atoms with E-state index >= 15 is 0 Å². The summed E-state index contributed by atoms with van der Waals surface area (Å²) in [5.74, 6) is -0.800. The van der Waals surface area contributed by atoms with Gasteiger partial charge in [0.1, 0.15) is 5.82 Å². The molecule has 2 rings (SSSR count). The molecule has 1 aromatic carbocycles. The van der Waals surface area contributed by atoms with Gasteiger partial charge in [0.15, 0.2) is 0 Å². The van der Waals surface area contributed by atoms with Crippen LogP contribution >= 0.6 is 0 Å². The minimum absolute atomic E-state index is 0.0292. The third-order valence-electron chi connectivity index (χ3n) is 3.28. The van der Waals surface area contributed by atoms with E-state index in [9.17, 15) is 21.2 Å². The minimum Gasteiger partial charge on any atom is -0.396 e. The molecule has 0 atom stereocenters. The smallest absolute Gasteiger partial charge is 0.243 e. The van der Waals surface area contributed by atoms with Gasteiger partial charge in [-0.2, -0.15) is 8.61 Å². The van der Waals surface area contributed by atoms with Gasteiger partial charge in [0, 0.05) is 26.2 Å². The van der Waals surface area contributed by atoms with Crippen LogP contribution in [0.3, 0.4) is 0 Å². The van der Waals surface area contributed by atoms with Gasteiger partial charge in [-0.15, -0.1) is 0 Å². The van der Waals surface area contributed by atoms with Crippen LogP contribution in [0.15, 0.2) is 23.1 Å². The number of nitrogens with two attached hydrogens (primary N) is 1. The normalized spacial score (nSPS) is 18.8. The number of rotatable bonds is 3. The molecule has 2 N–H and O–H groups in total. The Morgan fingerprint density at radius 1 is 1.05 bits per heavy atom. The van der Waals surface area contributed by atoms with E-state index in [0.717, 1.165) is 16.6 Å². The van der Waals surface area contributed by atoms with Crippen molar-refractivity contribution < 1.29 is 21.2 Å². The number of anilines is 1. The highest BCUT2D eigenvalue weighted by Gasteiger charge is 2.31. The van der Waals surface area contributed by atoms with Crippen LogP contribution in [0.4, 0.5) is 10.1 Å². The number of piperazine rings is 1. The summed E-state index contributed by atoms with van der Waals surface area (Å²) in [6.07, 6.45) is 1.08. The molecule has 0 aromatic heterocycles. The first-order chi connectivity index (χ1) is 9.62. The number of hydrogen-bond acceptors (Lipinski definition) is 5. The number of hydrogen-bond donors (Lipinski definition) is 1. The van der Waals surface area contributed by atoms with Crippen LogP contribution in [0, 0.1) is 5.82 Å². The van der Waals surface area contributed by atoms with Crippen LogP contribution < -0.4 is 5.73 Å². The average molecular weight is 337 g/mol. The molecule has 1 aliphatic heterocycles. The van der Waals surface area contributed by atoms with E-state index in [-0.39, 0.29) is 36.8 Å². The summed E-state index contributed by atoms with van der Waals surface area (Å²) >= 11 is 0. The van der Waals surface area contributed by atoms with Crippen molar-refractivity contribution in [3.05, 3.63) is 24.0 Å². The van der Waals surface area contributed by atoms with Crippen molar-refractivity contribution in [1.82, 2.24) is 8.61 Å². The van der Waals surface area contributed by atoms with Gasteiger partial charge >= 0.3 is 0 Å². The predicted molar refractivity (Wildman–Crippen MR) is 76.0 cm³/mol. The van der Waals surface area contributed by atoms with Crippen LogP contribution in [-0.2, 0) is 20.0 Å². The van der Waals surface area contributed by atoms with Gasteiger partial charge in [0.2, 0.25) is 20.0 Å². The predicted octanol–water partition coefficient (Wildman–Crippen LogP) is -0.326. The number of sulfonamides is 2. The van der Waals surface area contributed by atoms with Crippen LogP contribution in [0.1, 0.15) is 0 Å². The standard InChI is InChI=1S/C11H16FN3O4S2/c1-20(16,17)14-4-6-15(7-5-14)21(18,19)9-2-3-11(13)10(12)8-9/h2-3,8H,4-7,13H2,1H3. The highest BCUT2D eigenvalue weighted by atomic mass is 32.2. The second-order valence-corrected chi connectivity index (χ2v) is 8.67.